The van der Waals surface area contributed by atoms with Crippen LogP contribution in [0.25, 0.3) is 26.9 Å². The fraction of sp³-hybridized carbons (Fsp3) is 0.455. The summed E-state index contributed by atoms with van der Waals surface area (Å²) in [6.45, 7) is 12.6. The zero-order valence-electron chi connectivity index (χ0n) is 25.7. The average Bonchev–Trinajstić information content (AvgIpc) is 3.46. The molecule has 9 nitrogen and oxygen atoms in total. The quantitative estimate of drug-likeness (QED) is 0.168. The number of carbonyl (C=O) groups excluding carboxylic acids is 1. The van der Waals surface area contributed by atoms with Gasteiger partial charge in [-0.15, -0.1) is 0 Å². The van der Waals surface area contributed by atoms with Gasteiger partial charge in [-0.3, -0.25) is 4.79 Å². The van der Waals surface area contributed by atoms with Crippen LogP contribution in [-0.2, 0) is 17.4 Å². The molecule has 248 valence electrons. The van der Waals surface area contributed by atoms with Crippen molar-refractivity contribution in [2.45, 2.75) is 43.9 Å². The normalized spacial score (nSPS) is 20.1. The van der Waals surface area contributed by atoms with E-state index in [4.69, 9.17) is 37.6 Å². The van der Waals surface area contributed by atoms with E-state index in [0.29, 0.717) is 59.7 Å². The number of rotatable bonds is 7. The minimum atomic E-state index is -4.72. The number of amides is 1. The first-order chi connectivity index (χ1) is 22.5. The molecule has 2 saturated heterocycles. The number of likely N-dealkylation sites (N-methyl/N-ethyl adjacent to an activating group) is 1. The minimum absolute atomic E-state index is 0.0361. The lowest BCUT2D eigenvalue weighted by molar-refractivity contribution is -0.137. The van der Waals surface area contributed by atoms with Gasteiger partial charge in [-0.05, 0) is 62.5 Å². The van der Waals surface area contributed by atoms with Gasteiger partial charge in [-0.2, -0.15) is 23.1 Å². The maximum absolute atomic E-state index is 14.4. The number of ether oxygens (including phenoxy) is 2. The number of alkyl halides is 3. The Hall–Kier alpha value is -4.15. The molecule has 14 heteroatoms. The smallest absolute Gasteiger partial charge is 0.418 e. The average molecular weight is 673 g/mol. The van der Waals surface area contributed by atoms with Crippen LogP contribution in [0.15, 0.2) is 36.7 Å². The molecule has 3 aliphatic rings. The number of fused-ring (bicyclic) bond motifs is 3. The number of anilines is 1. The number of halogens is 5. The van der Waals surface area contributed by atoms with Crippen LogP contribution in [0.2, 0.25) is 5.02 Å². The standard InChI is InChI=1S/C33H33ClF4N6O3/c1-19(35)31(45)44-13-12-43(17-21(44)16-39-2)30-27-26(40-32(41-30)47-18-20-7-5-11-42(20)3)15-24(23-9-6-14-46-29(23)27)22-8-4-10-25(34)28(22)33(36,37)38/h4,8,10,15,20-21H,1,5-7,9,11-14,16-18H2,3H3/t20-,21-/m0/s1. The molecular formula is C33H33ClF4N6O3. The SMILES string of the molecule is [C-]#[N+]C[C@H]1CN(c2nc(OC[C@@H]3CCCN3C)nc3cc(-c4cccc(Cl)c4C(F)(F)F)c4c(c23)OCCC4)CCN1C(=O)C(=C)F. The fourth-order valence-corrected chi connectivity index (χ4v) is 7.04. The van der Waals surface area contributed by atoms with Gasteiger partial charge in [0.2, 0.25) is 6.54 Å². The monoisotopic (exact) mass is 672 g/mol. The number of nitrogens with zero attached hydrogens (tertiary/aromatic N) is 6. The van der Waals surface area contributed by atoms with E-state index >= 15 is 0 Å². The van der Waals surface area contributed by atoms with Crippen molar-refractivity contribution in [3.63, 3.8) is 0 Å². The Morgan fingerprint density at radius 1 is 1.19 bits per heavy atom. The topological polar surface area (TPSA) is 75.4 Å². The Morgan fingerprint density at radius 2 is 2.00 bits per heavy atom. The van der Waals surface area contributed by atoms with Crippen molar-refractivity contribution in [3.05, 3.63) is 64.2 Å². The molecule has 4 heterocycles. The molecule has 0 saturated carbocycles. The summed E-state index contributed by atoms with van der Waals surface area (Å²) in [7, 11) is 2.01. The van der Waals surface area contributed by atoms with Gasteiger partial charge in [0.05, 0.1) is 28.1 Å². The number of benzene rings is 2. The highest BCUT2D eigenvalue weighted by Gasteiger charge is 2.39. The Bertz CT molecular complexity index is 1760. The number of piperazine rings is 1. The number of aromatic nitrogens is 2. The maximum atomic E-state index is 14.4. The molecule has 2 aromatic carbocycles. The van der Waals surface area contributed by atoms with Gasteiger partial charge in [0.25, 0.3) is 5.91 Å². The highest BCUT2D eigenvalue weighted by molar-refractivity contribution is 6.32. The minimum Gasteiger partial charge on any atom is -0.492 e. The predicted molar refractivity (Wildman–Crippen MR) is 169 cm³/mol. The molecular weight excluding hydrogens is 640 g/mol. The van der Waals surface area contributed by atoms with Crippen molar-refractivity contribution in [2.75, 3.05) is 57.9 Å². The van der Waals surface area contributed by atoms with Crippen molar-refractivity contribution in [2.24, 2.45) is 0 Å². The van der Waals surface area contributed by atoms with E-state index in [-0.39, 0.29) is 43.8 Å². The number of hydrogen-bond donors (Lipinski definition) is 0. The predicted octanol–water partition coefficient (Wildman–Crippen LogP) is 6.19. The van der Waals surface area contributed by atoms with Gasteiger partial charge < -0.3 is 29.0 Å². The molecule has 6 rings (SSSR count). The third-order valence-corrected chi connectivity index (χ3v) is 9.38. The third-order valence-electron chi connectivity index (χ3n) is 9.06. The van der Waals surface area contributed by atoms with Crippen LogP contribution in [0.4, 0.5) is 23.4 Å². The lowest BCUT2D eigenvalue weighted by Gasteiger charge is -2.40. The zero-order chi connectivity index (χ0) is 33.5. The van der Waals surface area contributed by atoms with Gasteiger partial charge in [-0.25, -0.2) is 11.0 Å². The molecule has 47 heavy (non-hydrogen) atoms. The van der Waals surface area contributed by atoms with Crippen molar-refractivity contribution in [1.82, 2.24) is 19.8 Å². The van der Waals surface area contributed by atoms with E-state index in [9.17, 15) is 22.4 Å². The van der Waals surface area contributed by atoms with Crippen LogP contribution in [-0.4, -0.2) is 90.7 Å². The van der Waals surface area contributed by atoms with Gasteiger partial charge in [0, 0.05) is 31.2 Å². The first-order valence-electron chi connectivity index (χ1n) is 15.4. The van der Waals surface area contributed by atoms with Crippen LogP contribution >= 0.6 is 11.6 Å². The molecule has 0 N–H and O–H groups in total. The van der Waals surface area contributed by atoms with Gasteiger partial charge in [0.1, 0.15) is 24.2 Å². The Kier molecular flexibility index (Phi) is 9.18. The summed E-state index contributed by atoms with van der Waals surface area (Å²) in [5, 5.41) is 0.0727. The summed E-state index contributed by atoms with van der Waals surface area (Å²) >= 11 is 6.14. The highest BCUT2D eigenvalue weighted by atomic mass is 35.5. The van der Waals surface area contributed by atoms with E-state index in [1.165, 1.54) is 23.1 Å². The molecule has 2 atom stereocenters. The summed E-state index contributed by atoms with van der Waals surface area (Å²) in [4.78, 5) is 30.9. The molecule has 0 radical (unpaired) electrons. The van der Waals surface area contributed by atoms with Crippen molar-refractivity contribution in [3.8, 4) is 22.9 Å². The Labute approximate surface area is 274 Å². The van der Waals surface area contributed by atoms with Crippen LogP contribution in [0.1, 0.15) is 30.4 Å². The first-order valence-corrected chi connectivity index (χ1v) is 15.8. The molecule has 3 aromatic rings. The van der Waals surface area contributed by atoms with Crippen LogP contribution in [0.5, 0.6) is 11.8 Å². The van der Waals surface area contributed by atoms with Gasteiger partial charge in [0.15, 0.2) is 5.83 Å². The fourth-order valence-electron chi connectivity index (χ4n) is 6.76. The van der Waals surface area contributed by atoms with Crippen molar-refractivity contribution >= 4 is 34.2 Å². The zero-order valence-corrected chi connectivity index (χ0v) is 26.5. The van der Waals surface area contributed by atoms with E-state index in [1.54, 1.807) is 6.07 Å². The van der Waals surface area contributed by atoms with E-state index in [2.05, 4.69) is 16.3 Å². The number of carbonyl (C=O) groups is 1. The molecule has 0 aliphatic carbocycles. The lowest BCUT2D eigenvalue weighted by Crippen LogP contribution is -2.56. The highest BCUT2D eigenvalue weighted by Crippen LogP contribution is 2.48. The van der Waals surface area contributed by atoms with Gasteiger partial charge in [-0.1, -0.05) is 30.3 Å². The molecule has 1 aromatic heterocycles. The van der Waals surface area contributed by atoms with Gasteiger partial charge >= 0.3 is 12.2 Å². The van der Waals surface area contributed by atoms with E-state index < -0.39 is 34.5 Å². The molecule has 3 aliphatic heterocycles. The molecule has 0 spiro atoms. The summed E-state index contributed by atoms with van der Waals surface area (Å²) in [6, 6.07) is 5.21. The molecule has 0 unspecified atom stereocenters. The maximum Gasteiger partial charge on any atom is 0.418 e. The van der Waals surface area contributed by atoms with E-state index in [0.717, 1.165) is 19.4 Å². The summed E-state index contributed by atoms with van der Waals surface area (Å²) < 4.78 is 69.4. The van der Waals surface area contributed by atoms with Crippen molar-refractivity contribution < 1.29 is 31.8 Å². The molecule has 2 fully saturated rings. The Balaban J connectivity index is 1.52. The third kappa shape index (κ3) is 6.41. The molecule has 1 amide bonds. The number of hydrogen-bond acceptors (Lipinski definition) is 7. The second kappa shape index (κ2) is 13.2. The van der Waals surface area contributed by atoms with E-state index in [1.807, 2.05) is 11.9 Å². The van der Waals surface area contributed by atoms with Crippen LogP contribution in [0.3, 0.4) is 0 Å². The summed E-state index contributed by atoms with van der Waals surface area (Å²) in [5.74, 6) is -1.21. The summed E-state index contributed by atoms with van der Waals surface area (Å²) in [5.41, 5.74) is 0.158. The number of likely N-dealkylation sites (tertiary alicyclic amines) is 1. The second-order valence-electron chi connectivity index (χ2n) is 12.0. The largest absolute Gasteiger partial charge is 0.492 e. The first kappa shape index (κ1) is 32.8. The van der Waals surface area contributed by atoms with Crippen molar-refractivity contribution in [1.29, 1.82) is 0 Å². The Morgan fingerprint density at radius 3 is 2.70 bits per heavy atom. The lowest BCUT2D eigenvalue weighted by atomic mass is 9.89. The second-order valence-corrected chi connectivity index (χ2v) is 12.4. The van der Waals surface area contributed by atoms with Crippen LogP contribution in [0, 0.1) is 6.57 Å². The van der Waals surface area contributed by atoms with Crippen LogP contribution < -0.4 is 14.4 Å². The molecule has 0 bridgehead atoms. The summed E-state index contributed by atoms with van der Waals surface area (Å²) in [6.07, 6.45) is -1.73.